The molecule has 9 heteroatoms. The first-order valence-electron chi connectivity index (χ1n) is 10.7. The summed E-state index contributed by atoms with van der Waals surface area (Å²) < 4.78 is 0. The van der Waals surface area contributed by atoms with Gasteiger partial charge in [-0.25, -0.2) is 0 Å². The molecule has 1 aliphatic heterocycles. The highest BCUT2D eigenvalue weighted by Crippen LogP contribution is 2.31. The summed E-state index contributed by atoms with van der Waals surface area (Å²) >= 11 is 0. The maximum absolute atomic E-state index is 13.5. The third-order valence-electron chi connectivity index (χ3n) is 6.05. The summed E-state index contributed by atoms with van der Waals surface area (Å²) in [6.07, 6.45) is 3.19. The molecule has 3 atom stereocenters. The van der Waals surface area contributed by atoms with Gasteiger partial charge in [-0.3, -0.25) is 24.5 Å². The van der Waals surface area contributed by atoms with Crippen molar-refractivity contribution >= 4 is 29.1 Å². The number of nitro groups is 1. The van der Waals surface area contributed by atoms with Gasteiger partial charge in [-0.2, -0.15) is 0 Å². The van der Waals surface area contributed by atoms with Crippen LogP contribution in [0.4, 0.5) is 11.4 Å². The Labute approximate surface area is 184 Å². The molecule has 166 valence electrons. The van der Waals surface area contributed by atoms with Crippen molar-refractivity contribution in [2.24, 2.45) is 0 Å². The summed E-state index contributed by atoms with van der Waals surface area (Å²) in [6.45, 7) is 0. The molecule has 0 radical (unpaired) electrons. The number of non-ortho nitro benzene ring substituents is 1. The second kappa shape index (κ2) is 9.17. The fraction of sp³-hybridized carbons (Fsp3) is 0.348. The van der Waals surface area contributed by atoms with E-state index in [4.69, 9.17) is 0 Å². The van der Waals surface area contributed by atoms with E-state index in [-0.39, 0.29) is 41.6 Å². The molecule has 1 saturated heterocycles. The lowest BCUT2D eigenvalue weighted by Gasteiger charge is -2.48. The predicted molar refractivity (Wildman–Crippen MR) is 117 cm³/mol. The Balaban J connectivity index is 1.60. The van der Waals surface area contributed by atoms with E-state index < -0.39 is 16.9 Å². The van der Waals surface area contributed by atoms with Crippen LogP contribution >= 0.6 is 0 Å². The number of amides is 3. The second-order valence-corrected chi connectivity index (χ2v) is 8.12. The van der Waals surface area contributed by atoms with Gasteiger partial charge in [0.05, 0.1) is 17.4 Å². The summed E-state index contributed by atoms with van der Waals surface area (Å²) in [5.74, 6) is -1.12. The lowest BCUT2D eigenvalue weighted by molar-refractivity contribution is -0.384. The van der Waals surface area contributed by atoms with Gasteiger partial charge in [-0.1, -0.05) is 31.0 Å². The minimum atomic E-state index is -0.958. The number of nitrogens with one attached hydrogen (secondary N) is 2. The minimum absolute atomic E-state index is 0.118. The average Bonchev–Trinajstić information content (AvgIpc) is 2.80. The topological polar surface area (TPSA) is 122 Å². The molecular weight excluding hydrogens is 412 g/mol. The van der Waals surface area contributed by atoms with Gasteiger partial charge in [-0.15, -0.1) is 0 Å². The van der Waals surface area contributed by atoms with Crippen molar-refractivity contribution in [3.8, 4) is 0 Å². The lowest BCUT2D eigenvalue weighted by atomic mass is 9.84. The first-order valence-corrected chi connectivity index (χ1v) is 10.7. The van der Waals surface area contributed by atoms with Crippen LogP contribution in [0.1, 0.15) is 42.5 Å². The number of hydrogen-bond acceptors (Lipinski definition) is 5. The molecule has 4 rings (SSSR count). The van der Waals surface area contributed by atoms with Gasteiger partial charge >= 0.3 is 0 Å². The van der Waals surface area contributed by atoms with Crippen LogP contribution in [0.25, 0.3) is 0 Å². The first-order chi connectivity index (χ1) is 15.4. The molecule has 2 N–H and O–H groups in total. The molecule has 1 saturated carbocycles. The van der Waals surface area contributed by atoms with Gasteiger partial charge in [0.1, 0.15) is 6.04 Å². The maximum atomic E-state index is 13.5. The van der Waals surface area contributed by atoms with E-state index in [1.165, 1.54) is 29.2 Å². The van der Waals surface area contributed by atoms with Crippen LogP contribution < -0.4 is 10.6 Å². The molecule has 3 amide bonds. The lowest BCUT2D eigenvalue weighted by Crippen LogP contribution is -2.68. The highest BCUT2D eigenvalue weighted by Gasteiger charge is 2.46. The smallest absolute Gasteiger partial charge is 0.269 e. The van der Waals surface area contributed by atoms with E-state index in [0.717, 1.165) is 25.7 Å². The van der Waals surface area contributed by atoms with Crippen LogP contribution in [0.15, 0.2) is 54.6 Å². The summed E-state index contributed by atoms with van der Waals surface area (Å²) in [5.41, 5.74) is 0.743. The second-order valence-electron chi connectivity index (χ2n) is 8.12. The standard InChI is InChI=1S/C23H24N4O5/c28-21(24-16-6-2-1-3-7-16)14-20-22(29)25-18-8-4-5-9-19(18)26(20)23(30)15-10-12-17(13-11-15)27(31)32/h1-3,6-7,10-13,18-20H,4-5,8-9,14H2,(H,24,28)(H,25,29)/t18-,19+,20-/m1/s1. The number of carbonyl (C=O) groups excluding carboxylic acids is 3. The SMILES string of the molecule is O=C(C[C@@H]1C(=O)N[C@@H]2CCCC[C@@H]2N1C(=O)c1ccc([N+](=O)[O-])cc1)Nc1ccccc1. The number of benzene rings is 2. The molecule has 0 spiro atoms. The molecule has 9 nitrogen and oxygen atoms in total. The number of anilines is 1. The number of fused-ring (bicyclic) bond motifs is 1. The van der Waals surface area contributed by atoms with Gasteiger partial charge in [0.25, 0.3) is 11.6 Å². The number of nitro benzene ring substituents is 1. The Morgan fingerprint density at radius 2 is 1.75 bits per heavy atom. The average molecular weight is 436 g/mol. The molecule has 2 fully saturated rings. The van der Waals surface area contributed by atoms with Crippen molar-refractivity contribution in [3.05, 3.63) is 70.3 Å². The Morgan fingerprint density at radius 3 is 2.44 bits per heavy atom. The van der Waals surface area contributed by atoms with Crippen molar-refractivity contribution in [3.63, 3.8) is 0 Å². The molecule has 2 aliphatic rings. The summed E-state index contributed by atoms with van der Waals surface area (Å²) in [7, 11) is 0. The number of piperazine rings is 1. The molecular formula is C23H24N4O5. The summed E-state index contributed by atoms with van der Waals surface area (Å²) in [5, 5.41) is 16.7. The summed E-state index contributed by atoms with van der Waals surface area (Å²) in [6, 6.07) is 12.9. The summed E-state index contributed by atoms with van der Waals surface area (Å²) in [4.78, 5) is 51.1. The van der Waals surface area contributed by atoms with Crippen LogP contribution in [0.3, 0.4) is 0 Å². The van der Waals surface area contributed by atoms with Crippen LogP contribution in [-0.2, 0) is 9.59 Å². The maximum Gasteiger partial charge on any atom is 0.269 e. The molecule has 32 heavy (non-hydrogen) atoms. The van der Waals surface area contributed by atoms with Crippen molar-refractivity contribution in [1.29, 1.82) is 0 Å². The molecule has 2 aromatic carbocycles. The number of hydrogen-bond donors (Lipinski definition) is 2. The first kappa shape index (κ1) is 21.5. The van der Waals surface area contributed by atoms with E-state index in [1.54, 1.807) is 24.3 Å². The van der Waals surface area contributed by atoms with Gasteiger partial charge in [-0.05, 0) is 37.1 Å². The van der Waals surface area contributed by atoms with Crippen LogP contribution in [0.2, 0.25) is 0 Å². The monoisotopic (exact) mass is 436 g/mol. The van der Waals surface area contributed by atoms with Gasteiger partial charge in [0, 0.05) is 29.4 Å². The number of rotatable bonds is 5. The zero-order valence-corrected chi connectivity index (χ0v) is 17.4. The largest absolute Gasteiger partial charge is 0.349 e. The normalized spacial score (nSPS) is 22.4. The van der Waals surface area contributed by atoms with E-state index in [2.05, 4.69) is 10.6 Å². The third-order valence-corrected chi connectivity index (χ3v) is 6.05. The van der Waals surface area contributed by atoms with E-state index in [9.17, 15) is 24.5 Å². The van der Waals surface area contributed by atoms with Gasteiger partial charge in [0.15, 0.2) is 0 Å². The molecule has 1 aliphatic carbocycles. The van der Waals surface area contributed by atoms with Crippen molar-refractivity contribution in [1.82, 2.24) is 10.2 Å². The Morgan fingerprint density at radius 1 is 1.06 bits per heavy atom. The van der Waals surface area contributed by atoms with Gasteiger partial charge in [0.2, 0.25) is 11.8 Å². The van der Waals surface area contributed by atoms with Gasteiger partial charge < -0.3 is 15.5 Å². The predicted octanol–water partition coefficient (Wildman–Crippen LogP) is 2.88. The van der Waals surface area contributed by atoms with Crippen LogP contribution in [0.5, 0.6) is 0 Å². The van der Waals surface area contributed by atoms with Crippen molar-refractivity contribution in [2.75, 3.05) is 5.32 Å². The minimum Gasteiger partial charge on any atom is -0.349 e. The Bertz CT molecular complexity index is 1020. The zero-order valence-electron chi connectivity index (χ0n) is 17.4. The van der Waals surface area contributed by atoms with Crippen molar-refractivity contribution < 1.29 is 19.3 Å². The molecule has 0 aromatic heterocycles. The fourth-order valence-electron chi connectivity index (χ4n) is 4.52. The van der Waals surface area contributed by atoms with Crippen LogP contribution in [-0.4, -0.2) is 45.7 Å². The molecule has 1 heterocycles. The molecule has 0 unspecified atom stereocenters. The van der Waals surface area contributed by atoms with E-state index in [1.807, 2.05) is 6.07 Å². The number of para-hydroxylation sites is 1. The highest BCUT2D eigenvalue weighted by molar-refractivity contribution is 6.01. The van der Waals surface area contributed by atoms with E-state index >= 15 is 0 Å². The van der Waals surface area contributed by atoms with Crippen molar-refractivity contribution in [2.45, 2.75) is 50.2 Å². The Kier molecular flexibility index (Phi) is 6.16. The quantitative estimate of drug-likeness (QED) is 0.551. The molecule has 2 aromatic rings. The zero-order chi connectivity index (χ0) is 22.7. The number of carbonyl (C=O) groups is 3. The highest BCUT2D eigenvalue weighted by atomic mass is 16.6. The fourth-order valence-corrected chi connectivity index (χ4v) is 4.52. The Hall–Kier alpha value is -3.75. The number of nitrogens with zero attached hydrogens (tertiary/aromatic N) is 2. The molecule has 0 bridgehead atoms. The van der Waals surface area contributed by atoms with E-state index in [0.29, 0.717) is 5.69 Å². The third kappa shape index (κ3) is 4.46. The van der Waals surface area contributed by atoms with Crippen LogP contribution in [0, 0.1) is 10.1 Å².